The van der Waals surface area contributed by atoms with E-state index in [0.717, 1.165) is 31.7 Å². The van der Waals surface area contributed by atoms with Gasteiger partial charge >= 0.3 is 0 Å². The quantitative estimate of drug-likeness (QED) is 0.676. The van der Waals surface area contributed by atoms with Gasteiger partial charge in [0, 0.05) is 18.3 Å². The summed E-state index contributed by atoms with van der Waals surface area (Å²) in [6.07, 6.45) is 3.80. The van der Waals surface area contributed by atoms with Gasteiger partial charge in [0.25, 0.3) is 5.91 Å². The van der Waals surface area contributed by atoms with Crippen LogP contribution in [0.5, 0.6) is 0 Å². The predicted octanol–water partition coefficient (Wildman–Crippen LogP) is 2.84. The Bertz CT molecular complexity index is 1090. The number of benzene rings is 1. The number of hydrogen-bond donors (Lipinski definition) is 1. The van der Waals surface area contributed by atoms with E-state index in [2.05, 4.69) is 15.3 Å². The summed E-state index contributed by atoms with van der Waals surface area (Å²) in [4.78, 5) is 27.5. The van der Waals surface area contributed by atoms with Crippen LogP contribution < -0.4 is 10.7 Å². The number of nitrogens with zero attached hydrogens (tertiary/aromatic N) is 3. The fourth-order valence-electron chi connectivity index (χ4n) is 3.79. The molecule has 0 aliphatic carbocycles. The van der Waals surface area contributed by atoms with Crippen molar-refractivity contribution in [2.75, 3.05) is 19.6 Å². The van der Waals surface area contributed by atoms with Crippen molar-refractivity contribution < 1.29 is 13.6 Å². The molecule has 1 fully saturated rings. The van der Waals surface area contributed by atoms with Crippen LogP contribution in [-0.4, -0.2) is 40.2 Å². The molecule has 1 N–H and O–H groups in total. The molecule has 156 valence electrons. The number of furan rings is 1. The van der Waals surface area contributed by atoms with E-state index in [1.54, 1.807) is 31.4 Å². The first-order chi connectivity index (χ1) is 14.5. The van der Waals surface area contributed by atoms with E-state index < -0.39 is 17.2 Å². The minimum absolute atomic E-state index is 0.120. The second-order valence-electron chi connectivity index (χ2n) is 7.35. The van der Waals surface area contributed by atoms with Gasteiger partial charge in [-0.3, -0.25) is 14.5 Å². The van der Waals surface area contributed by atoms with E-state index in [1.807, 2.05) is 12.1 Å². The molecule has 4 rings (SSSR count). The first-order valence-electron chi connectivity index (χ1n) is 9.96. The molecule has 1 aliphatic rings. The lowest BCUT2D eigenvalue weighted by Crippen LogP contribution is -2.39. The van der Waals surface area contributed by atoms with E-state index in [4.69, 9.17) is 4.42 Å². The molecule has 0 spiro atoms. The highest BCUT2D eigenvalue weighted by Gasteiger charge is 2.27. The fourth-order valence-corrected chi connectivity index (χ4v) is 3.79. The highest BCUT2D eigenvalue weighted by Crippen LogP contribution is 2.25. The van der Waals surface area contributed by atoms with Gasteiger partial charge in [0.1, 0.15) is 17.3 Å². The highest BCUT2D eigenvalue weighted by atomic mass is 19.1. The highest BCUT2D eigenvalue weighted by molar-refractivity contribution is 5.92. The summed E-state index contributed by atoms with van der Waals surface area (Å²) in [5.41, 5.74) is -0.168. The molecule has 2 aromatic heterocycles. The molecule has 3 heterocycles. The topological polar surface area (TPSA) is 80.4 Å². The Morgan fingerprint density at radius 3 is 2.70 bits per heavy atom. The number of carbonyl (C=O) groups is 1. The van der Waals surface area contributed by atoms with Crippen LogP contribution >= 0.6 is 0 Å². The van der Waals surface area contributed by atoms with Gasteiger partial charge in [-0.25, -0.2) is 9.07 Å². The summed E-state index contributed by atoms with van der Waals surface area (Å²) in [6.45, 7) is 3.76. The zero-order valence-electron chi connectivity index (χ0n) is 16.7. The van der Waals surface area contributed by atoms with Gasteiger partial charge in [-0.2, -0.15) is 5.10 Å². The molecule has 1 aliphatic heterocycles. The smallest absolute Gasteiger partial charge is 0.275 e. The molecule has 1 aromatic carbocycles. The van der Waals surface area contributed by atoms with Gasteiger partial charge < -0.3 is 9.73 Å². The number of halogens is 1. The van der Waals surface area contributed by atoms with E-state index in [-0.39, 0.29) is 24.0 Å². The standard InChI is InChI=1S/C22H23FN4O3/c1-15-13-19(28)21(25-27(15)17-8-3-2-7-16(17)23)22(29)24-14-18(20-9-6-12-30-20)26-10-4-5-11-26/h2-3,6-9,12-13,18H,4-5,10-11,14H2,1H3,(H,24,29)/t18-/m1/s1. The minimum Gasteiger partial charge on any atom is -0.468 e. The SMILES string of the molecule is Cc1cc(=O)c(C(=O)NC[C@H](c2ccco2)N2CCCC2)nn1-c1ccccc1F. The third kappa shape index (κ3) is 4.04. The maximum absolute atomic E-state index is 14.2. The van der Waals surface area contributed by atoms with Crippen molar-refractivity contribution in [3.05, 3.63) is 81.9 Å². The summed E-state index contributed by atoms with van der Waals surface area (Å²) < 4.78 is 21.1. The van der Waals surface area contributed by atoms with Crippen molar-refractivity contribution in [1.29, 1.82) is 0 Å². The molecule has 1 saturated heterocycles. The monoisotopic (exact) mass is 410 g/mol. The largest absolute Gasteiger partial charge is 0.468 e. The molecule has 0 saturated carbocycles. The van der Waals surface area contributed by atoms with Crippen LogP contribution in [0.15, 0.2) is 57.9 Å². The van der Waals surface area contributed by atoms with Crippen molar-refractivity contribution in [3.8, 4) is 5.69 Å². The molecule has 1 amide bonds. The first-order valence-corrected chi connectivity index (χ1v) is 9.96. The number of hydrogen-bond acceptors (Lipinski definition) is 5. The zero-order chi connectivity index (χ0) is 21.1. The molecule has 7 nitrogen and oxygen atoms in total. The van der Waals surface area contributed by atoms with Crippen LogP contribution in [-0.2, 0) is 0 Å². The van der Waals surface area contributed by atoms with Gasteiger partial charge in [0.15, 0.2) is 5.69 Å². The summed E-state index contributed by atoms with van der Waals surface area (Å²) in [6, 6.07) is 10.9. The number of amides is 1. The molecule has 0 bridgehead atoms. The summed E-state index contributed by atoms with van der Waals surface area (Å²) in [5.74, 6) is -0.325. The van der Waals surface area contributed by atoms with Crippen LogP contribution in [0, 0.1) is 12.7 Å². The molecular formula is C22H23FN4O3. The second-order valence-corrected chi connectivity index (χ2v) is 7.35. The lowest BCUT2D eigenvalue weighted by molar-refractivity contribution is 0.0925. The van der Waals surface area contributed by atoms with E-state index >= 15 is 0 Å². The van der Waals surface area contributed by atoms with Gasteiger partial charge in [0.05, 0.1) is 12.3 Å². The van der Waals surface area contributed by atoms with Gasteiger partial charge in [-0.15, -0.1) is 0 Å². The van der Waals surface area contributed by atoms with Crippen LogP contribution in [0.2, 0.25) is 0 Å². The number of para-hydroxylation sites is 1. The lowest BCUT2D eigenvalue weighted by Gasteiger charge is -2.25. The van der Waals surface area contributed by atoms with Crippen LogP contribution in [0.1, 0.15) is 40.8 Å². The Labute approximate surface area is 173 Å². The van der Waals surface area contributed by atoms with Crippen LogP contribution in [0.3, 0.4) is 0 Å². The maximum atomic E-state index is 14.2. The average molecular weight is 410 g/mol. The number of aromatic nitrogens is 2. The average Bonchev–Trinajstić information content (AvgIpc) is 3.44. The minimum atomic E-state index is -0.596. The predicted molar refractivity (Wildman–Crippen MR) is 109 cm³/mol. The van der Waals surface area contributed by atoms with Gasteiger partial charge in [0.2, 0.25) is 5.43 Å². The van der Waals surface area contributed by atoms with Gasteiger partial charge in [-0.1, -0.05) is 12.1 Å². The number of aryl methyl sites for hydroxylation is 1. The van der Waals surface area contributed by atoms with Crippen LogP contribution in [0.25, 0.3) is 5.69 Å². The Morgan fingerprint density at radius 1 is 1.23 bits per heavy atom. The Kier molecular flexibility index (Phi) is 5.76. The van der Waals surface area contributed by atoms with Crippen molar-refractivity contribution in [1.82, 2.24) is 20.0 Å². The van der Waals surface area contributed by atoms with E-state index in [0.29, 0.717) is 5.69 Å². The second kappa shape index (κ2) is 8.62. The van der Waals surface area contributed by atoms with E-state index in [1.165, 1.54) is 16.8 Å². The molecule has 3 aromatic rings. The number of carbonyl (C=O) groups excluding carboxylic acids is 1. The van der Waals surface area contributed by atoms with Crippen LogP contribution in [0.4, 0.5) is 4.39 Å². The van der Waals surface area contributed by atoms with Gasteiger partial charge in [-0.05, 0) is 57.1 Å². The normalized spacial score (nSPS) is 15.3. The molecule has 8 heteroatoms. The van der Waals surface area contributed by atoms with E-state index in [9.17, 15) is 14.0 Å². The van der Waals surface area contributed by atoms with Crippen molar-refractivity contribution in [2.45, 2.75) is 25.8 Å². The lowest BCUT2D eigenvalue weighted by atomic mass is 10.2. The summed E-state index contributed by atoms with van der Waals surface area (Å²) >= 11 is 0. The Hall–Kier alpha value is -3.26. The zero-order valence-corrected chi connectivity index (χ0v) is 16.7. The number of likely N-dealkylation sites (tertiary alicyclic amines) is 1. The Balaban J connectivity index is 1.58. The molecule has 30 heavy (non-hydrogen) atoms. The fraction of sp³-hybridized carbons (Fsp3) is 0.318. The summed E-state index contributed by atoms with van der Waals surface area (Å²) in [7, 11) is 0. The molecule has 0 radical (unpaired) electrons. The number of rotatable bonds is 6. The van der Waals surface area contributed by atoms with Crippen molar-refractivity contribution in [2.24, 2.45) is 0 Å². The van der Waals surface area contributed by atoms with Crippen molar-refractivity contribution >= 4 is 5.91 Å². The van der Waals surface area contributed by atoms with Crippen molar-refractivity contribution in [3.63, 3.8) is 0 Å². The first kappa shape index (κ1) is 20.0. The maximum Gasteiger partial charge on any atom is 0.275 e. The Morgan fingerprint density at radius 2 is 2.00 bits per heavy atom. The molecule has 0 unspecified atom stereocenters. The molecular weight excluding hydrogens is 387 g/mol. The third-order valence-electron chi connectivity index (χ3n) is 5.31. The third-order valence-corrected chi connectivity index (χ3v) is 5.31. The summed E-state index contributed by atoms with van der Waals surface area (Å²) in [5, 5.41) is 6.96. The number of nitrogens with one attached hydrogen (secondary N) is 1. The molecule has 1 atom stereocenters.